The molecule has 0 spiro atoms. The summed E-state index contributed by atoms with van der Waals surface area (Å²) in [6.07, 6.45) is 3.21. The van der Waals surface area contributed by atoms with Gasteiger partial charge in [-0.1, -0.05) is 12.1 Å². The van der Waals surface area contributed by atoms with E-state index in [4.69, 9.17) is 9.47 Å². The Morgan fingerprint density at radius 2 is 2.47 bits per heavy atom. The van der Waals surface area contributed by atoms with Crippen LogP contribution >= 0.6 is 0 Å². The van der Waals surface area contributed by atoms with E-state index in [1.165, 1.54) is 0 Å². The van der Waals surface area contributed by atoms with Crippen LogP contribution in [0.4, 0.5) is 0 Å². The number of hydrogen-bond acceptors (Lipinski definition) is 3. The zero-order chi connectivity index (χ0) is 10.5. The van der Waals surface area contributed by atoms with E-state index in [1.54, 1.807) is 12.1 Å². The summed E-state index contributed by atoms with van der Waals surface area (Å²) in [4.78, 5) is 10.5. The van der Waals surface area contributed by atoms with Gasteiger partial charge >= 0.3 is 0 Å². The highest BCUT2D eigenvalue weighted by atomic mass is 16.5. The molecule has 2 rings (SSSR count). The molecule has 0 radical (unpaired) electrons. The molecule has 0 unspecified atom stereocenters. The highest BCUT2D eigenvalue weighted by Gasteiger charge is 2.15. The van der Waals surface area contributed by atoms with Crippen molar-refractivity contribution >= 4 is 6.29 Å². The quantitative estimate of drug-likeness (QED) is 0.707. The van der Waals surface area contributed by atoms with Crippen molar-refractivity contribution in [3.63, 3.8) is 0 Å². The summed E-state index contributed by atoms with van der Waals surface area (Å²) in [5, 5.41) is 0. The Balaban J connectivity index is 1.89. The van der Waals surface area contributed by atoms with Crippen LogP contribution in [0, 0.1) is 0 Å². The third kappa shape index (κ3) is 2.80. The van der Waals surface area contributed by atoms with Gasteiger partial charge < -0.3 is 9.47 Å². The van der Waals surface area contributed by atoms with Crippen molar-refractivity contribution < 1.29 is 14.3 Å². The summed E-state index contributed by atoms with van der Waals surface area (Å²) in [7, 11) is 0. The molecule has 1 saturated heterocycles. The third-order valence-electron chi connectivity index (χ3n) is 2.45. The number of rotatable bonds is 4. The first-order valence-corrected chi connectivity index (χ1v) is 5.18. The number of carbonyl (C=O) groups is 1. The Kier molecular flexibility index (Phi) is 3.35. The van der Waals surface area contributed by atoms with Crippen molar-refractivity contribution in [1.82, 2.24) is 0 Å². The minimum Gasteiger partial charge on any atom is -0.491 e. The molecule has 0 bridgehead atoms. The molecule has 15 heavy (non-hydrogen) atoms. The van der Waals surface area contributed by atoms with Gasteiger partial charge in [0.15, 0.2) is 0 Å². The number of carbonyl (C=O) groups excluding carboxylic acids is 1. The van der Waals surface area contributed by atoms with Crippen LogP contribution in [0.25, 0.3) is 0 Å². The Bertz CT molecular complexity index is 329. The van der Waals surface area contributed by atoms with Gasteiger partial charge in [-0.3, -0.25) is 4.79 Å². The largest absolute Gasteiger partial charge is 0.491 e. The summed E-state index contributed by atoms with van der Waals surface area (Å²) in [5.41, 5.74) is 0.639. The van der Waals surface area contributed by atoms with E-state index in [0.717, 1.165) is 31.5 Å². The second-order valence-electron chi connectivity index (χ2n) is 3.64. The van der Waals surface area contributed by atoms with Crippen LogP contribution in [-0.4, -0.2) is 25.6 Å². The van der Waals surface area contributed by atoms with E-state index >= 15 is 0 Å². The van der Waals surface area contributed by atoms with Gasteiger partial charge in [0.05, 0.1) is 6.10 Å². The van der Waals surface area contributed by atoms with Crippen molar-refractivity contribution in [2.45, 2.75) is 18.9 Å². The summed E-state index contributed by atoms with van der Waals surface area (Å²) in [5.74, 6) is 0.732. The molecule has 3 heteroatoms. The van der Waals surface area contributed by atoms with E-state index in [0.29, 0.717) is 12.2 Å². The van der Waals surface area contributed by atoms with Crippen LogP contribution in [0.5, 0.6) is 5.75 Å². The van der Waals surface area contributed by atoms with Gasteiger partial charge in [0, 0.05) is 12.2 Å². The maximum atomic E-state index is 10.5. The topological polar surface area (TPSA) is 35.5 Å². The van der Waals surface area contributed by atoms with Crippen LogP contribution in [0.2, 0.25) is 0 Å². The van der Waals surface area contributed by atoms with E-state index in [9.17, 15) is 4.79 Å². The van der Waals surface area contributed by atoms with Gasteiger partial charge in [0.2, 0.25) is 0 Å². The first kappa shape index (κ1) is 10.2. The van der Waals surface area contributed by atoms with Crippen molar-refractivity contribution in [2.24, 2.45) is 0 Å². The lowest BCUT2D eigenvalue weighted by atomic mass is 10.2. The van der Waals surface area contributed by atoms with Gasteiger partial charge in [-0.05, 0) is 25.0 Å². The highest BCUT2D eigenvalue weighted by Crippen LogP contribution is 2.16. The van der Waals surface area contributed by atoms with Crippen LogP contribution in [0.3, 0.4) is 0 Å². The molecule has 1 aliphatic heterocycles. The first-order chi connectivity index (χ1) is 7.38. The fourth-order valence-electron chi connectivity index (χ4n) is 1.64. The number of hydrogen-bond donors (Lipinski definition) is 0. The van der Waals surface area contributed by atoms with E-state index in [1.807, 2.05) is 12.1 Å². The zero-order valence-electron chi connectivity index (χ0n) is 8.52. The maximum Gasteiger partial charge on any atom is 0.150 e. The van der Waals surface area contributed by atoms with Crippen molar-refractivity contribution in [3.05, 3.63) is 29.8 Å². The zero-order valence-corrected chi connectivity index (χ0v) is 8.52. The smallest absolute Gasteiger partial charge is 0.150 e. The Labute approximate surface area is 89.0 Å². The fourth-order valence-corrected chi connectivity index (χ4v) is 1.64. The molecule has 0 amide bonds. The minimum absolute atomic E-state index is 0.213. The Hall–Kier alpha value is -1.35. The van der Waals surface area contributed by atoms with Gasteiger partial charge in [0.25, 0.3) is 0 Å². The summed E-state index contributed by atoms with van der Waals surface area (Å²) in [6.45, 7) is 1.41. The fraction of sp³-hybridized carbons (Fsp3) is 0.417. The molecule has 80 valence electrons. The maximum absolute atomic E-state index is 10.5. The average Bonchev–Trinajstić information content (AvgIpc) is 2.79. The minimum atomic E-state index is 0.213. The van der Waals surface area contributed by atoms with Crippen molar-refractivity contribution in [3.8, 4) is 5.75 Å². The van der Waals surface area contributed by atoms with E-state index < -0.39 is 0 Å². The summed E-state index contributed by atoms with van der Waals surface area (Å²) in [6, 6.07) is 7.16. The van der Waals surface area contributed by atoms with Crippen LogP contribution in [0.1, 0.15) is 23.2 Å². The summed E-state index contributed by atoms with van der Waals surface area (Å²) < 4.78 is 11.0. The van der Waals surface area contributed by atoms with Crippen LogP contribution in [-0.2, 0) is 4.74 Å². The lowest BCUT2D eigenvalue weighted by Gasteiger charge is -2.11. The molecule has 1 aromatic rings. The molecule has 0 saturated carbocycles. The molecule has 0 aromatic heterocycles. The molecule has 0 aliphatic carbocycles. The molecule has 1 heterocycles. The van der Waals surface area contributed by atoms with Gasteiger partial charge in [0.1, 0.15) is 18.6 Å². The lowest BCUT2D eigenvalue weighted by Crippen LogP contribution is -2.16. The average molecular weight is 206 g/mol. The monoisotopic (exact) mass is 206 g/mol. The van der Waals surface area contributed by atoms with E-state index in [-0.39, 0.29) is 6.10 Å². The molecular weight excluding hydrogens is 192 g/mol. The second kappa shape index (κ2) is 4.94. The highest BCUT2D eigenvalue weighted by molar-refractivity contribution is 5.75. The number of benzene rings is 1. The van der Waals surface area contributed by atoms with Gasteiger partial charge in [-0.15, -0.1) is 0 Å². The normalized spacial score (nSPS) is 20.1. The lowest BCUT2D eigenvalue weighted by molar-refractivity contribution is 0.0679. The SMILES string of the molecule is O=Cc1cccc(OC[C@@H]2CCCO2)c1. The molecule has 1 atom stereocenters. The first-order valence-electron chi connectivity index (χ1n) is 5.18. The molecule has 0 N–H and O–H groups in total. The molecule has 3 nitrogen and oxygen atoms in total. The number of aldehydes is 1. The predicted molar refractivity (Wildman–Crippen MR) is 56.3 cm³/mol. The van der Waals surface area contributed by atoms with Gasteiger partial charge in [-0.2, -0.15) is 0 Å². The van der Waals surface area contributed by atoms with Crippen molar-refractivity contribution in [1.29, 1.82) is 0 Å². The standard InChI is InChI=1S/C12H14O3/c13-8-10-3-1-4-11(7-10)15-9-12-5-2-6-14-12/h1,3-4,7-8,12H,2,5-6,9H2/t12-/m0/s1. The number of ether oxygens (including phenoxy) is 2. The molecular formula is C12H14O3. The van der Waals surface area contributed by atoms with Crippen molar-refractivity contribution in [2.75, 3.05) is 13.2 Å². The Morgan fingerprint density at radius 1 is 1.53 bits per heavy atom. The predicted octanol–water partition coefficient (Wildman–Crippen LogP) is 2.06. The van der Waals surface area contributed by atoms with Gasteiger partial charge in [-0.25, -0.2) is 0 Å². The van der Waals surface area contributed by atoms with Crippen LogP contribution < -0.4 is 4.74 Å². The van der Waals surface area contributed by atoms with Crippen LogP contribution in [0.15, 0.2) is 24.3 Å². The molecule has 1 fully saturated rings. The van der Waals surface area contributed by atoms with E-state index in [2.05, 4.69) is 0 Å². The second-order valence-corrected chi connectivity index (χ2v) is 3.64. The molecule has 1 aliphatic rings. The Morgan fingerprint density at radius 3 is 3.20 bits per heavy atom. The molecule has 1 aromatic carbocycles. The third-order valence-corrected chi connectivity index (χ3v) is 2.45. The summed E-state index contributed by atoms with van der Waals surface area (Å²) >= 11 is 0.